The molecule has 0 aromatic heterocycles. The monoisotopic (exact) mass is 530 g/mol. The minimum absolute atomic E-state index is 0.142. The van der Waals surface area contributed by atoms with Gasteiger partial charge in [-0.2, -0.15) is 0 Å². The van der Waals surface area contributed by atoms with Crippen LogP contribution in [0, 0.1) is 5.82 Å². The van der Waals surface area contributed by atoms with Crippen LogP contribution in [0.25, 0.3) is 0 Å². The molecule has 36 heavy (non-hydrogen) atoms. The van der Waals surface area contributed by atoms with Gasteiger partial charge in [0.05, 0.1) is 6.04 Å². The van der Waals surface area contributed by atoms with Crippen molar-refractivity contribution >= 4 is 29.3 Å². The number of thioether (sulfide) groups is 1. The number of hydrogen-bond acceptors (Lipinski definition) is 5. The summed E-state index contributed by atoms with van der Waals surface area (Å²) in [5.41, 5.74) is 1.12. The lowest BCUT2D eigenvalue weighted by Gasteiger charge is -2.43. The van der Waals surface area contributed by atoms with Crippen LogP contribution >= 0.6 is 23.4 Å². The van der Waals surface area contributed by atoms with Gasteiger partial charge in [0.1, 0.15) is 5.82 Å². The molecule has 1 amide bonds. The van der Waals surface area contributed by atoms with E-state index in [1.54, 1.807) is 11.8 Å². The SMILES string of the molecule is CN1CCC(N2CCN(C(=O)[C@@H]3C[C@@H](Sc4ccc(F)cc4)CN3Cc3cccc(Cl)c3)CC2)CC1. The number of carbonyl (C=O) groups excluding carboxylic acids is 1. The number of likely N-dealkylation sites (tertiary alicyclic amines) is 2. The van der Waals surface area contributed by atoms with Crippen LogP contribution in [0.3, 0.4) is 0 Å². The number of piperidine rings is 1. The summed E-state index contributed by atoms with van der Waals surface area (Å²) in [4.78, 5) is 24.3. The van der Waals surface area contributed by atoms with Gasteiger partial charge in [0, 0.05) is 60.5 Å². The van der Waals surface area contributed by atoms with E-state index in [1.807, 2.05) is 30.3 Å². The normalized spacial score (nSPS) is 24.9. The molecule has 3 aliphatic heterocycles. The van der Waals surface area contributed by atoms with E-state index in [9.17, 15) is 9.18 Å². The summed E-state index contributed by atoms with van der Waals surface area (Å²) in [5.74, 6) is 0.0306. The van der Waals surface area contributed by atoms with Crippen LogP contribution in [-0.4, -0.2) is 95.7 Å². The van der Waals surface area contributed by atoms with E-state index >= 15 is 0 Å². The molecule has 2 aromatic rings. The van der Waals surface area contributed by atoms with E-state index in [4.69, 9.17) is 11.6 Å². The molecule has 8 heteroatoms. The van der Waals surface area contributed by atoms with Gasteiger partial charge in [-0.1, -0.05) is 23.7 Å². The molecule has 3 heterocycles. The van der Waals surface area contributed by atoms with Crippen molar-refractivity contribution in [3.05, 3.63) is 64.9 Å². The third-order valence-corrected chi connectivity index (χ3v) is 9.33. The van der Waals surface area contributed by atoms with Crippen molar-refractivity contribution in [3.8, 4) is 0 Å². The summed E-state index contributed by atoms with van der Waals surface area (Å²) in [6.07, 6.45) is 3.25. The molecule has 2 aromatic carbocycles. The van der Waals surface area contributed by atoms with Gasteiger partial charge < -0.3 is 9.80 Å². The fraction of sp³-hybridized carbons (Fsp3) is 0.536. The third-order valence-electron chi connectivity index (χ3n) is 7.87. The highest BCUT2D eigenvalue weighted by Crippen LogP contribution is 2.35. The zero-order valence-corrected chi connectivity index (χ0v) is 22.6. The molecule has 194 valence electrons. The summed E-state index contributed by atoms with van der Waals surface area (Å²) in [7, 11) is 2.20. The van der Waals surface area contributed by atoms with Gasteiger partial charge in [0.15, 0.2) is 0 Å². The molecule has 0 radical (unpaired) electrons. The Kier molecular flexibility index (Phi) is 8.53. The molecule has 0 spiro atoms. The van der Waals surface area contributed by atoms with E-state index in [1.165, 1.54) is 25.0 Å². The molecular formula is C28H36ClFN4OS. The van der Waals surface area contributed by atoms with Crippen molar-refractivity contribution in [1.82, 2.24) is 19.6 Å². The fourth-order valence-electron chi connectivity index (χ4n) is 5.83. The van der Waals surface area contributed by atoms with Crippen molar-refractivity contribution in [2.75, 3.05) is 52.9 Å². The van der Waals surface area contributed by atoms with Crippen molar-refractivity contribution in [3.63, 3.8) is 0 Å². The van der Waals surface area contributed by atoms with Gasteiger partial charge in [-0.25, -0.2) is 4.39 Å². The molecule has 0 unspecified atom stereocenters. The standard InChI is InChI=1S/C28H36ClFN4OS/c1-31-11-9-24(10-12-31)32-13-15-33(16-14-32)28(35)27-18-26(36-25-7-5-23(30)6-8-25)20-34(27)19-21-3-2-4-22(29)17-21/h2-8,17,24,26-27H,9-16,18-20H2,1H3/t26-,27+/m1/s1. The minimum Gasteiger partial charge on any atom is -0.339 e. The number of hydrogen-bond donors (Lipinski definition) is 0. The molecule has 5 nitrogen and oxygen atoms in total. The first kappa shape index (κ1) is 26.0. The smallest absolute Gasteiger partial charge is 0.240 e. The highest BCUT2D eigenvalue weighted by Gasteiger charge is 2.40. The Labute approximate surface area is 223 Å². The van der Waals surface area contributed by atoms with E-state index in [0.717, 1.165) is 67.7 Å². The van der Waals surface area contributed by atoms with Crippen molar-refractivity contribution in [1.29, 1.82) is 0 Å². The number of carbonyl (C=O) groups is 1. The van der Waals surface area contributed by atoms with Crippen LogP contribution in [0.15, 0.2) is 53.4 Å². The van der Waals surface area contributed by atoms with Gasteiger partial charge in [0.25, 0.3) is 0 Å². The van der Waals surface area contributed by atoms with Crippen molar-refractivity contribution in [2.24, 2.45) is 0 Å². The Morgan fingerprint density at radius 1 is 1.03 bits per heavy atom. The van der Waals surface area contributed by atoms with Crippen molar-refractivity contribution in [2.45, 2.75) is 48.0 Å². The number of amides is 1. The predicted molar refractivity (Wildman–Crippen MR) is 145 cm³/mol. The second-order valence-electron chi connectivity index (χ2n) is 10.4. The van der Waals surface area contributed by atoms with Crippen molar-refractivity contribution < 1.29 is 9.18 Å². The molecule has 0 bridgehead atoms. The van der Waals surface area contributed by atoms with Gasteiger partial charge in [-0.15, -0.1) is 11.8 Å². The summed E-state index contributed by atoms with van der Waals surface area (Å²) in [6.45, 7) is 7.40. The lowest BCUT2D eigenvalue weighted by molar-refractivity contribution is -0.138. The van der Waals surface area contributed by atoms with Crippen LogP contribution < -0.4 is 0 Å². The van der Waals surface area contributed by atoms with Gasteiger partial charge in [-0.05, 0) is 81.4 Å². The topological polar surface area (TPSA) is 30.0 Å². The number of rotatable bonds is 6. The summed E-state index contributed by atoms with van der Waals surface area (Å²) >= 11 is 8.00. The van der Waals surface area contributed by atoms with Crippen LogP contribution in [-0.2, 0) is 11.3 Å². The summed E-state index contributed by atoms with van der Waals surface area (Å²) in [6, 6.07) is 15.1. The first-order valence-electron chi connectivity index (χ1n) is 13.1. The second-order valence-corrected chi connectivity index (χ2v) is 12.2. The molecular weight excluding hydrogens is 495 g/mol. The molecule has 0 aliphatic carbocycles. The molecule has 3 fully saturated rings. The maximum absolute atomic E-state index is 13.8. The number of nitrogens with zero attached hydrogens (tertiary/aromatic N) is 4. The summed E-state index contributed by atoms with van der Waals surface area (Å²) in [5, 5.41) is 1.00. The Hall–Kier alpha value is -1.64. The van der Waals surface area contributed by atoms with E-state index in [2.05, 4.69) is 32.7 Å². The van der Waals surface area contributed by atoms with E-state index in [-0.39, 0.29) is 23.0 Å². The third kappa shape index (κ3) is 6.43. The van der Waals surface area contributed by atoms with Gasteiger partial charge >= 0.3 is 0 Å². The first-order valence-corrected chi connectivity index (χ1v) is 14.3. The predicted octanol–water partition coefficient (Wildman–Crippen LogP) is 4.45. The minimum atomic E-state index is -0.221. The van der Waals surface area contributed by atoms with Gasteiger partial charge in [0.2, 0.25) is 5.91 Å². The van der Waals surface area contributed by atoms with Gasteiger partial charge in [-0.3, -0.25) is 14.6 Å². The Bertz CT molecular complexity index is 1020. The molecule has 3 aliphatic rings. The Balaban J connectivity index is 1.24. The molecule has 0 N–H and O–H groups in total. The Morgan fingerprint density at radius 2 is 1.75 bits per heavy atom. The van der Waals surface area contributed by atoms with E-state index < -0.39 is 0 Å². The summed E-state index contributed by atoms with van der Waals surface area (Å²) < 4.78 is 13.4. The largest absolute Gasteiger partial charge is 0.339 e. The quantitative estimate of drug-likeness (QED) is 0.550. The number of halogens is 2. The second kappa shape index (κ2) is 11.8. The molecule has 0 saturated carbocycles. The lowest BCUT2D eigenvalue weighted by atomic mass is 10.0. The molecule has 2 atom stereocenters. The molecule has 5 rings (SSSR count). The Morgan fingerprint density at radius 3 is 2.44 bits per heavy atom. The van der Waals surface area contributed by atoms with Crippen LogP contribution in [0.5, 0.6) is 0 Å². The first-order chi connectivity index (χ1) is 17.4. The maximum Gasteiger partial charge on any atom is 0.240 e. The number of piperazine rings is 1. The zero-order valence-electron chi connectivity index (χ0n) is 21.0. The van der Waals surface area contributed by atoms with Crippen LogP contribution in [0.2, 0.25) is 5.02 Å². The highest BCUT2D eigenvalue weighted by atomic mass is 35.5. The number of benzene rings is 2. The van der Waals surface area contributed by atoms with E-state index in [0.29, 0.717) is 12.6 Å². The zero-order chi connectivity index (χ0) is 25.1. The maximum atomic E-state index is 13.8. The molecule has 3 saturated heterocycles. The lowest BCUT2D eigenvalue weighted by Crippen LogP contribution is -2.56. The average molecular weight is 531 g/mol. The van der Waals surface area contributed by atoms with Crippen LogP contribution in [0.1, 0.15) is 24.8 Å². The highest BCUT2D eigenvalue weighted by molar-refractivity contribution is 8.00. The van der Waals surface area contributed by atoms with Crippen LogP contribution in [0.4, 0.5) is 4.39 Å². The average Bonchev–Trinajstić information content (AvgIpc) is 3.27. The fourth-order valence-corrected chi connectivity index (χ4v) is 7.27.